The minimum absolute atomic E-state index is 0.346. The molecule has 32 heavy (non-hydrogen) atoms. The van der Waals surface area contributed by atoms with Crippen LogP contribution in [-0.4, -0.2) is 42.1 Å². The van der Waals surface area contributed by atoms with Gasteiger partial charge in [-0.15, -0.1) is 0 Å². The summed E-state index contributed by atoms with van der Waals surface area (Å²) in [4.78, 5) is 43.2. The van der Waals surface area contributed by atoms with Gasteiger partial charge in [0.25, 0.3) is 6.04 Å². The van der Waals surface area contributed by atoms with E-state index < -0.39 is 70.1 Å². The Bertz CT molecular complexity index is 1150. The molecule has 0 radical (unpaired) electrons. The molecule has 2 amide bonds. The van der Waals surface area contributed by atoms with Crippen molar-refractivity contribution in [2.24, 2.45) is 17.8 Å². The average molecular weight is 447 g/mol. The van der Waals surface area contributed by atoms with Crippen molar-refractivity contribution in [3.63, 3.8) is 0 Å². The van der Waals surface area contributed by atoms with E-state index in [4.69, 9.17) is 21.3 Å². The Morgan fingerprint density at radius 1 is 1.25 bits per heavy atom. The van der Waals surface area contributed by atoms with E-state index in [1.807, 2.05) is 0 Å². The summed E-state index contributed by atoms with van der Waals surface area (Å²) in [5.41, 5.74) is -5.34. The fraction of sp³-hybridized carbons (Fsp3) is 0.476. The first-order valence-electron chi connectivity index (χ1n) is 9.50. The van der Waals surface area contributed by atoms with Crippen LogP contribution in [0.5, 0.6) is 0 Å². The SMILES string of the molecule is [C-]#[N+][C@@H]1[C@@H](C(=O)OC)C2(C)OC1(C)[C@H]1C(=O)N(c3ccc(C#N)c(C(F)(F)F)c3)C(=O)[C@H]12. The van der Waals surface area contributed by atoms with Crippen molar-refractivity contribution in [1.82, 2.24) is 0 Å². The molecule has 0 spiro atoms. The fourth-order valence-corrected chi connectivity index (χ4v) is 5.52. The van der Waals surface area contributed by atoms with Crippen molar-refractivity contribution in [1.29, 1.82) is 5.26 Å². The van der Waals surface area contributed by atoms with Gasteiger partial charge in [0.05, 0.1) is 41.8 Å². The second-order valence-corrected chi connectivity index (χ2v) is 8.35. The monoisotopic (exact) mass is 447 g/mol. The molecular weight excluding hydrogens is 431 g/mol. The van der Waals surface area contributed by atoms with Crippen LogP contribution in [-0.2, 0) is 30.0 Å². The molecule has 4 rings (SSSR count). The molecule has 0 aliphatic carbocycles. The van der Waals surface area contributed by atoms with Crippen molar-refractivity contribution in [3.8, 4) is 6.07 Å². The Kier molecular flexibility index (Phi) is 4.45. The normalized spacial score (nSPS) is 35.4. The largest absolute Gasteiger partial charge is 0.468 e. The molecule has 3 saturated heterocycles. The predicted molar refractivity (Wildman–Crippen MR) is 99.4 cm³/mol. The molecule has 3 aliphatic heterocycles. The number of hydrogen-bond acceptors (Lipinski definition) is 6. The van der Waals surface area contributed by atoms with Gasteiger partial charge in [-0.25, -0.2) is 11.5 Å². The molecule has 3 aliphatic rings. The number of ether oxygens (including phenoxy) is 2. The number of hydrogen-bond donors (Lipinski definition) is 0. The number of anilines is 1. The second-order valence-electron chi connectivity index (χ2n) is 8.35. The first-order valence-corrected chi connectivity index (χ1v) is 9.50. The smallest absolute Gasteiger partial charge is 0.417 e. The van der Waals surface area contributed by atoms with Gasteiger partial charge < -0.3 is 14.3 Å². The lowest BCUT2D eigenvalue weighted by molar-refractivity contribution is -0.154. The van der Waals surface area contributed by atoms with Crippen LogP contribution in [0.3, 0.4) is 0 Å². The molecule has 1 aromatic rings. The Labute approximate surface area is 180 Å². The highest BCUT2D eigenvalue weighted by Crippen LogP contribution is 2.64. The highest BCUT2D eigenvalue weighted by atomic mass is 19.4. The zero-order valence-corrected chi connectivity index (χ0v) is 17.1. The summed E-state index contributed by atoms with van der Waals surface area (Å²) in [6.45, 7) is 10.5. The van der Waals surface area contributed by atoms with Gasteiger partial charge in [-0.2, -0.15) is 18.4 Å². The molecule has 2 bridgehead atoms. The van der Waals surface area contributed by atoms with Gasteiger partial charge in [0, 0.05) is 0 Å². The van der Waals surface area contributed by atoms with Crippen LogP contribution in [0.2, 0.25) is 0 Å². The van der Waals surface area contributed by atoms with Crippen molar-refractivity contribution < 1.29 is 37.0 Å². The Balaban J connectivity index is 1.84. The summed E-state index contributed by atoms with van der Waals surface area (Å²) >= 11 is 0. The minimum atomic E-state index is -4.88. The zero-order valence-electron chi connectivity index (χ0n) is 17.1. The van der Waals surface area contributed by atoms with Crippen LogP contribution in [0.15, 0.2) is 18.2 Å². The Hall–Kier alpha value is -3.44. The van der Waals surface area contributed by atoms with Gasteiger partial charge in [-0.05, 0) is 32.0 Å². The van der Waals surface area contributed by atoms with Gasteiger partial charge in [0.15, 0.2) is 11.5 Å². The highest BCUT2D eigenvalue weighted by Gasteiger charge is 2.84. The van der Waals surface area contributed by atoms with E-state index in [0.717, 1.165) is 19.2 Å². The Morgan fingerprint density at radius 2 is 1.84 bits per heavy atom. The van der Waals surface area contributed by atoms with E-state index in [1.165, 1.54) is 19.9 Å². The van der Waals surface area contributed by atoms with E-state index in [2.05, 4.69) is 4.85 Å². The quantitative estimate of drug-likeness (QED) is 0.392. The topological polar surface area (TPSA) is 101 Å². The summed E-state index contributed by atoms with van der Waals surface area (Å²) in [6.07, 6.45) is -4.88. The average Bonchev–Trinajstić information content (AvgIpc) is 3.24. The standard InChI is InChI=1S/C21H16F3N3O5/c1-19-12-13(20(2,32-19)15(26-3)14(19)18(30)31-4)17(29)27(16(12)28)10-6-5-9(8-25)11(7-10)21(22,23)24/h5-7,12-15H,1-2,4H3/t12-,13+,14-,15+,19?,20?/m0/s1. The summed E-state index contributed by atoms with van der Waals surface area (Å²) in [7, 11) is 1.13. The van der Waals surface area contributed by atoms with Gasteiger partial charge in [0.2, 0.25) is 11.8 Å². The van der Waals surface area contributed by atoms with Crippen molar-refractivity contribution in [3.05, 3.63) is 40.7 Å². The van der Waals surface area contributed by atoms with Crippen LogP contribution >= 0.6 is 0 Å². The summed E-state index contributed by atoms with van der Waals surface area (Å²) in [5, 5.41) is 8.99. The second kappa shape index (κ2) is 6.53. The lowest BCUT2D eigenvalue weighted by atomic mass is 9.61. The lowest BCUT2D eigenvalue weighted by Crippen LogP contribution is -2.55. The van der Waals surface area contributed by atoms with E-state index in [-0.39, 0.29) is 5.69 Å². The molecule has 1 aromatic carbocycles. The number of amides is 2. The molecule has 3 fully saturated rings. The van der Waals surface area contributed by atoms with Gasteiger partial charge in [-0.1, -0.05) is 0 Å². The summed E-state index contributed by atoms with van der Waals surface area (Å²) in [6, 6.07) is 2.87. The number of carbonyl (C=O) groups is 3. The third-order valence-electron chi connectivity index (χ3n) is 6.78. The number of halogens is 3. The number of imide groups is 1. The number of alkyl halides is 3. The number of benzene rings is 1. The number of esters is 1. The maximum atomic E-state index is 13.4. The number of rotatable bonds is 2. The summed E-state index contributed by atoms with van der Waals surface area (Å²) < 4.78 is 51.0. The molecule has 3 heterocycles. The molecule has 6 atom stereocenters. The van der Waals surface area contributed by atoms with Gasteiger partial charge >= 0.3 is 12.1 Å². The molecule has 166 valence electrons. The van der Waals surface area contributed by atoms with Crippen LogP contribution < -0.4 is 4.90 Å². The Morgan fingerprint density at radius 3 is 2.34 bits per heavy atom. The third kappa shape index (κ3) is 2.49. The van der Waals surface area contributed by atoms with E-state index >= 15 is 0 Å². The number of methoxy groups -OCH3 is 1. The molecule has 2 unspecified atom stereocenters. The molecule has 11 heteroatoms. The molecular formula is C21H16F3N3O5. The number of carbonyl (C=O) groups excluding carboxylic acids is 3. The first kappa shape index (κ1) is 21.8. The molecule has 0 aromatic heterocycles. The zero-order chi connectivity index (χ0) is 23.8. The number of fused-ring (bicyclic) bond motifs is 5. The van der Waals surface area contributed by atoms with E-state index in [1.54, 1.807) is 0 Å². The minimum Gasteiger partial charge on any atom is -0.468 e. The molecule has 0 N–H and O–H groups in total. The number of nitrogens with zero attached hydrogens (tertiary/aromatic N) is 3. The highest BCUT2D eigenvalue weighted by molar-refractivity contribution is 6.23. The maximum Gasteiger partial charge on any atom is 0.417 e. The van der Waals surface area contributed by atoms with Crippen molar-refractivity contribution in [2.45, 2.75) is 37.3 Å². The first-order chi connectivity index (χ1) is 14.9. The van der Waals surface area contributed by atoms with Crippen LogP contribution in [0.1, 0.15) is 25.0 Å². The van der Waals surface area contributed by atoms with Crippen molar-refractivity contribution >= 4 is 23.5 Å². The molecule has 0 saturated carbocycles. The fourth-order valence-electron chi connectivity index (χ4n) is 5.52. The lowest BCUT2D eigenvalue weighted by Gasteiger charge is -2.33. The van der Waals surface area contributed by atoms with Gasteiger partial charge in [-0.3, -0.25) is 14.4 Å². The summed E-state index contributed by atoms with van der Waals surface area (Å²) in [5.74, 6) is -5.92. The predicted octanol–water partition coefficient (Wildman–Crippen LogP) is 2.32. The maximum absolute atomic E-state index is 13.4. The van der Waals surface area contributed by atoms with Crippen LogP contribution in [0.25, 0.3) is 4.85 Å². The molecule has 8 nitrogen and oxygen atoms in total. The van der Waals surface area contributed by atoms with E-state index in [0.29, 0.717) is 11.0 Å². The van der Waals surface area contributed by atoms with Crippen LogP contribution in [0, 0.1) is 35.7 Å². The third-order valence-corrected chi connectivity index (χ3v) is 6.78. The van der Waals surface area contributed by atoms with Crippen molar-refractivity contribution in [2.75, 3.05) is 12.0 Å². The van der Waals surface area contributed by atoms with E-state index in [9.17, 15) is 27.6 Å². The van der Waals surface area contributed by atoms with Crippen LogP contribution in [0.4, 0.5) is 18.9 Å². The number of nitriles is 1. The van der Waals surface area contributed by atoms with Gasteiger partial charge in [0.1, 0.15) is 5.60 Å².